The Hall–Kier alpha value is -2.00. The minimum atomic E-state index is 0.570. The molecule has 0 N–H and O–H groups in total. The number of nitrogens with zero attached hydrogens (tertiary/aromatic N) is 2. The quantitative estimate of drug-likeness (QED) is 0.222. The fraction of sp³-hybridized carbons (Fsp3) is 0.364. The SMILES string of the molecule is Cc1ccc2nc(SCCOCCOCCSc3nc4ccc(C)cc4o3)oc2c1. The third-order valence-corrected chi connectivity index (χ3v) is 5.91. The Kier molecular flexibility index (Phi) is 7.33. The van der Waals surface area contributed by atoms with Gasteiger partial charge in [-0.05, 0) is 49.2 Å². The highest BCUT2D eigenvalue weighted by Gasteiger charge is 2.07. The standard InChI is InChI=1S/C22H24N2O4S2/c1-15-3-5-17-19(13-15)27-21(23-17)29-11-9-25-7-8-26-10-12-30-22-24-18-6-4-16(2)14-20(18)28-22/h3-6,13-14H,7-12H2,1-2H3. The topological polar surface area (TPSA) is 70.5 Å². The minimum Gasteiger partial charge on any atom is -0.431 e. The highest BCUT2D eigenvalue weighted by Crippen LogP contribution is 2.25. The summed E-state index contributed by atoms with van der Waals surface area (Å²) in [6.45, 7) is 6.48. The lowest BCUT2D eigenvalue weighted by Gasteiger charge is -2.04. The molecular formula is C22H24N2O4S2. The van der Waals surface area contributed by atoms with Crippen LogP contribution in [-0.2, 0) is 9.47 Å². The van der Waals surface area contributed by atoms with E-state index in [1.807, 2.05) is 50.2 Å². The van der Waals surface area contributed by atoms with E-state index >= 15 is 0 Å². The largest absolute Gasteiger partial charge is 0.431 e. The van der Waals surface area contributed by atoms with E-state index in [-0.39, 0.29) is 0 Å². The molecule has 0 saturated carbocycles. The van der Waals surface area contributed by atoms with Gasteiger partial charge in [0.15, 0.2) is 11.2 Å². The molecule has 158 valence electrons. The number of aryl methyl sites for hydroxylation is 2. The first-order valence-electron chi connectivity index (χ1n) is 9.83. The molecule has 0 atom stereocenters. The number of hydrogen-bond donors (Lipinski definition) is 0. The van der Waals surface area contributed by atoms with Gasteiger partial charge in [-0.3, -0.25) is 0 Å². The van der Waals surface area contributed by atoms with Gasteiger partial charge in [0, 0.05) is 11.5 Å². The fourth-order valence-corrected chi connectivity index (χ4v) is 4.22. The summed E-state index contributed by atoms with van der Waals surface area (Å²) in [4.78, 5) is 8.93. The average Bonchev–Trinajstić information content (AvgIpc) is 3.31. The number of rotatable bonds is 11. The summed E-state index contributed by atoms with van der Waals surface area (Å²) in [5, 5.41) is 1.36. The van der Waals surface area contributed by atoms with Crippen molar-refractivity contribution in [3.05, 3.63) is 47.5 Å². The van der Waals surface area contributed by atoms with Crippen molar-refractivity contribution in [3.8, 4) is 0 Å². The first-order valence-corrected chi connectivity index (χ1v) is 11.8. The second-order valence-corrected chi connectivity index (χ2v) is 8.92. The van der Waals surface area contributed by atoms with Crippen LogP contribution in [0.15, 0.2) is 55.7 Å². The molecule has 0 spiro atoms. The summed E-state index contributed by atoms with van der Waals surface area (Å²) in [6, 6.07) is 12.0. The molecule has 2 heterocycles. The van der Waals surface area contributed by atoms with Gasteiger partial charge in [0.2, 0.25) is 0 Å². The number of oxazole rings is 2. The molecule has 4 rings (SSSR count). The van der Waals surface area contributed by atoms with Crippen molar-refractivity contribution in [2.75, 3.05) is 37.9 Å². The molecule has 0 aliphatic carbocycles. The van der Waals surface area contributed by atoms with Crippen molar-refractivity contribution in [2.45, 2.75) is 24.3 Å². The van der Waals surface area contributed by atoms with Gasteiger partial charge in [-0.15, -0.1) is 0 Å². The van der Waals surface area contributed by atoms with Crippen molar-refractivity contribution >= 4 is 45.7 Å². The zero-order chi connectivity index (χ0) is 20.8. The first-order chi connectivity index (χ1) is 14.7. The van der Waals surface area contributed by atoms with Gasteiger partial charge in [-0.2, -0.15) is 0 Å². The predicted octanol–water partition coefficient (Wildman–Crippen LogP) is 5.50. The van der Waals surface area contributed by atoms with Gasteiger partial charge in [0.1, 0.15) is 11.0 Å². The van der Waals surface area contributed by atoms with Crippen molar-refractivity contribution in [3.63, 3.8) is 0 Å². The summed E-state index contributed by atoms with van der Waals surface area (Å²) in [7, 11) is 0. The van der Waals surface area contributed by atoms with Crippen LogP contribution in [0.25, 0.3) is 22.2 Å². The molecule has 30 heavy (non-hydrogen) atoms. The van der Waals surface area contributed by atoms with E-state index in [0.717, 1.165) is 33.7 Å². The van der Waals surface area contributed by atoms with Gasteiger partial charge < -0.3 is 18.3 Å². The third-order valence-electron chi connectivity index (χ3n) is 4.33. The number of hydrogen-bond acceptors (Lipinski definition) is 8. The van der Waals surface area contributed by atoms with E-state index in [4.69, 9.17) is 18.3 Å². The second-order valence-electron chi connectivity index (χ2n) is 6.82. The molecule has 0 saturated heterocycles. The smallest absolute Gasteiger partial charge is 0.256 e. The van der Waals surface area contributed by atoms with E-state index in [1.165, 1.54) is 11.1 Å². The van der Waals surface area contributed by atoms with E-state index in [0.29, 0.717) is 36.9 Å². The number of ether oxygens (including phenoxy) is 2. The molecule has 0 unspecified atom stereocenters. The maximum absolute atomic E-state index is 5.74. The monoisotopic (exact) mass is 444 g/mol. The lowest BCUT2D eigenvalue weighted by molar-refractivity contribution is 0.0604. The van der Waals surface area contributed by atoms with Gasteiger partial charge in [-0.25, -0.2) is 9.97 Å². The Morgan fingerprint density at radius 3 is 1.63 bits per heavy atom. The van der Waals surface area contributed by atoms with E-state index in [9.17, 15) is 0 Å². The highest BCUT2D eigenvalue weighted by atomic mass is 32.2. The van der Waals surface area contributed by atoms with Crippen LogP contribution < -0.4 is 0 Å². The Morgan fingerprint density at radius 1 is 0.700 bits per heavy atom. The Bertz CT molecular complexity index is 1020. The fourth-order valence-electron chi connectivity index (χ4n) is 2.84. The Labute approximate surface area is 183 Å². The zero-order valence-electron chi connectivity index (χ0n) is 17.1. The molecule has 0 amide bonds. The lowest BCUT2D eigenvalue weighted by Crippen LogP contribution is -2.08. The normalized spacial score (nSPS) is 11.7. The summed E-state index contributed by atoms with van der Waals surface area (Å²) in [5.41, 5.74) is 5.78. The van der Waals surface area contributed by atoms with Crippen LogP contribution >= 0.6 is 23.5 Å². The second kappa shape index (κ2) is 10.3. The molecule has 2 aromatic carbocycles. The van der Waals surface area contributed by atoms with Crippen molar-refractivity contribution in [1.82, 2.24) is 9.97 Å². The van der Waals surface area contributed by atoms with Gasteiger partial charge in [0.25, 0.3) is 10.4 Å². The summed E-state index contributed by atoms with van der Waals surface area (Å²) < 4.78 is 22.7. The molecule has 0 aliphatic heterocycles. The Balaban J connectivity index is 1.05. The van der Waals surface area contributed by atoms with Crippen LogP contribution in [-0.4, -0.2) is 47.9 Å². The number of aromatic nitrogens is 2. The molecule has 8 heteroatoms. The zero-order valence-corrected chi connectivity index (χ0v) is 18.7. The highest BCUT2D eigenvalue weighted by molar-refractivity contribution is 7.99. The maximum Gasteiger partial charge on any atom is 0.256 e. The van der Waals surface area contributed by atoms with E-state index < -0.39 is 0 Å². The van der Waals surface area contributed by atoms with Gasteiger partial charge >= 0.3 is 0 Å². The molecule has 0 fully saturated rings. The number of fused-ring (bicyclic) bond motifs is 2. The van der Waals surface area contributed by atoms with Crippen LogP contribution in [0, 0.1) is 13.8 Å². The number of benzene rings is 2. The first kappa shape index (κ1) is 21.2. The molecule has 0 aliphatic rings. The molecule has 0 radical (unpaired) electrons. The minimum absolute atomic E-state index is 0.570. The summed E-state index contributed by atoms with van der Waals surface area (Å²) in [5.74, 6) is 1.58. The van der Waals surface area contributed by atoms with Crippen LogP contribution in [0.1, 0.15) is 11.1 Å². The molecule has 2 aromatic heterocycles. The van der Waals surface area contributed by atoms with E-state index in [2.05, 4.69) is 9.97 Å². The van der Waals surface area contributed by atoms with Crippen LogP contribution in [0.2, 0.25) is 0 Å². The van der Waals surface area contributed by atoms with Gasteiger partial charge in [0.05, 0.1) is 26.4 Å². The molecule has 6 nitrogen and oxygen atoms in total. The van der Waals surface area contributed by atoms with Crippen LogP contribution in [0.5, 0.6) is 0 Å². The molecular weight excluding hydrogens is 420 g/mol. The van der Waals surface area contributed by atoms with E-state index in [1.54, 1.807) is 23.5 Å². The van der Waals surface area contributed by atoms with Crippen molar-refractivity contribution in [1.29, 1.82) is 0 Å². The molecule has 4 aromatic rings. The number of thioether (sulfide) groups is 2. The summed E-state index contributed by atoms with van der Waals surface area (Å²) in [6.07, 6.45) is 0. The third kappa shape index (κ3) is 5.78. The predicted molar refractivity (Wildman–Crippen MR) is 121 cm³/mol. The van der Waals surface area contributed by atoms with Crippen LogP contribution in [0.3, 0.4) is 0 Å². The Morgan fingerprint density at radius 2 is 1.17 bits per heavy atom. The van der Waals surface area contributed by atoms with Crippen LogP contribution in [0.4, 0.5) is 0 Å². The molecule has 0 bridgehead atoms. The average molecular weight is 445 g/mol. The van der Waals surface area contributed by atoms with Crippen molar-refractivity contribution in [2.24, 2.45) is 0 Å². The lowest BCUT2D eigenvalue weighted by atomic mass is 10.2. The maximum atomic E-state index is 5.74. The van der Waals surface area contributed by atoms with Gasteiger partial charge in [-0.1, -0.05) is 35.7 Å². The van der Waals surface area contributed by atoms with Crippen molar-refractivity contribution < 1.29 is 18.3 Å². The summed E-state index contributed by atoms with van der Waals surface area (Å²) >= 11 is 3.12.